The number of carbonyl (C=O) groups excluding carboxylic acids is 1. The molecule has 0 saturated heterocycles. The van der Waals surface area contributed by atoms with Crippen LogP contribution in [0.25, 0.3) is 11.9 Å². The summed E-state index contributed by atoms with van der Waals surface area (Å²) in [5, 5.41) is 6.48. The Hall–Kier alpha value is -2.64. The fourth-order valence-electron chi connectivity index (χ4n) is 3.52. The second kappa shape index (κ2) is 9.91. The molecule has 30 heavy (non-hydrogen) atoms. The molecule has 3 aromatic rings. The summed E-state index contributed by atoms with van der Waals surface area (Å²) >= 11 is 1.66. The Morgan fingerprint density at radius 1 is 1.33 bits per heavy atom. The lowest BCUT2D eigenvalue weighted by molar-refractivity contribution is -0.127. The van der Waals surface area contributed by atoms with Crippen LogP contribution in [0.1, 0.15) is 41.7 Å². The molecule has 0 spiro atoms. The van der Waals surface area contributed by atoms with Crippen LogP contribution in [0.2, 0.25) is 0 Å². The Morgan fingerprint density at radius 3 is 2.80 bits per heavy atom. The highest BCUT2D eigenvalue weighted by atomic mass is 32.1. The van der Waals surface area contributed by atoms with Crippen LogP contribution in [-0.4, -0.2) is 45.4 Å². The van der Waals surface area contributed by atoms with Gasteiger partial charge in [-0.2, -0.15) is 5.10 Å². The highest BCUT2D eigenvalue weighted by Gasteiger charge is 2.16. The molecule has 0 fully saturated rings. The molecule has 160 valence electrons. The van der Waals surface area contributed by atoms with E-state index >= 15 is 0 Å². The molecule has 0 aliphatic carbocycles. The van der Waals surface area contributed by atoms with Crippen LogP contribution in [0.3, 0.4) is 0 Å². The third kappa shape index (κ3) is 4.91. The molecule has 6 nitrogen and oxygen atoms in total. The minimum atomic E-state index is -0.0162. The molecule has 3 rings (SSSR count). The molecule has 3 aromatic heterocycles. The maximum Gasteiger partial charge on any atom is 0.246 e. The van der Waals surface area contributed by atoms with Crippen molar-refractivity contribution >= 4 is 23.3 Å². The van der Waals surface area contributed by atoms with Crippen LogP contribution in [0.4, 0.5) is 0 Å². The lowest BCUT2D eigenvalue weighted by Crippen LogP contribution is -2.31. The molecule has 0 aliphatic heterocycles. The molecule has 0 saturated carbocycles. The summed E-state index contributed by atoms with van der Waals surface area (Å²) in [4.78, 5) is 15.9. The van der Waals surface area contributed by atoms with Gasteiger partial charge in [0.1, 0.15) is 5.82 Å². The van der Waals surface area contributed by atoms with Gasteiger partial charge in [0.15, 0.2) is 0 Å². The van der Waals surface area contributed by atoms with E-state index in [1.54, 1.807) is 24.5 Å². The molecule has 3 heterocycles. The number of amides is 1. The van der Waals surface area contributed by atoms with E-state index in [-0.39, 0.29) is 11.9 Å². The average molecular weight is 427 g/mol. The molecule has 1 amide bonds. The summed E-state index contributed by atoms with van der Waals surface area (Å²) in [7, 11) is 1.65. The van der Waals surface area contributed by atoms with Crippen molar-refractivity contribution in [3.63, 3.8) is 0 Å². The topological polar surface area (TPSA) is 52.3 Å². The lowest BCUT2D eigenvalue weighted by atomic mass is 10.2. The van der Waals surface area contributed by atoms with Crippen molar-refractivity contribution in [2.75, 3.05) is 20.3 Å². The zero-order valence-corrected chi connectivity index (χ0v) is 19.1. The smallest absolute Gasteiger partial charge is 0.246 e. The minimum absolute atomic E-state index is 0.0162. The molecule has 0 radical (unpaired) electrons. The van der Waals surface area contributed by atoms with Gasteiger partial charge >= 0.3 is 0 Å². The highest BCUT2D eigenvalue weighted by molar-refractivity contribution is 7.09. The molecule has 0 atom stereocenters. The Morgan fingerprint density at radius 2 is 2.13 bits per heavy atom. The lowest BCUT2D eigenvalue weighted by Gasteiger charge is -2.20. The number of ether oxygens (including phenoxy) is 1. The Bertz CT molecular complexity index is 999. The molecule has 0 unspecified atom stereocenters. The van der Waals surface area contributed by atoms with Crippen molar-refractivity contribution in [2.24, 2.45) is 0 Å². The SMILES string of the molecule is COCCN(Cc1cccs1)C(=O)/C=C/c1cc(C)n(-c2ccnn2C(C)C)c1C. The van der Waals surface area contributed by atoms with Crippen molar-refractivity contribution < 1.29 is 9.53 Å². The van der Waals surface area contributed by atoms with Gasteiger partial charge in [0.25, 0.3) is 0 Å². The number of carbonyl (C=O) groups is 1. The predicted octanol–water partition coefficient (Wildman–Crippen LogP) is 4.62. The van der Waals surface area contributed by atoms with Crippen LogP contribution in [0.5, 0.6) is 0 Å². The molecule has 0 bridgehead atoms. The standard InChI is InChI=1S/C23H30N4O2S/c1-17(2)27-22(10-11-24-27)26-18(3)15-20(19(26)4)8-9-23(28)25(12-13-29-5)16-21-7-6-14-30-21/h6-11,14-15,17H,12-13,16H2,1-5H3/b9-8+. The summed E-state index contributed by atoms with van der Waals surface area (Å²) in [5.74, 6) is 1.02. The van der Waals surface area contributed by atoms with Crippen LogP contribution >= 0.6 is 11.3 Å². The van der Waals surface area contributed by atoms with E-state index in [0.29, 0.717) is 19.7 Å². The van der Waals surface area contributed by atoms with Crippen molar-refractivity contribution in [2.45, 2.75) is 40.3 Å². The zero-order chi connectivity index (χ0) is 21.7. The van der Waals surface area contributed by atoms with E-state index < -0.39 is 0 Å². The number of thiophene rings is 1. The van der Waals surface area contributed by atoms with E-state index in [1.165, 1.54) is 0 Å². The van der Waals surface area contributed by atoms with Crippen molar-refractivity contribution in [1.29, 1.82) is 0 Å². The van der Waals surface area contributed by atoms with Gasteiger partial charge in [-0.1, -0.05) is 6.07 Å². The largest absolute Gasteiger partial charge is 0.383 e. The van der Waals surface area contributed by atoms with Crippen molar-refractivity contribution in [3.05, 3.63) is 63.7 Å². The Kier molecular flexibility index (Phi) is 7.29. The van der Waals surface area contributed by atoms with Crippen molar-refractivity contribution in [3.8, 4) is 5.82 Å². The van der Waals surface area contributed by atoms with Gasteiger partial charge in [-0.05, 0) is 56.8 Å². The normalized spacial score (nSPS) is 11.7. The summed E-state index contributed by atoms with van der Waals surface area (Å²) in [5.41, 5.74) is 3.22. The summed E-state index contributed by atoms with van der Waals surface area (Å²) < 4.78 is 9.38. The summed E-state index contributed by atoms with van der Waals surface area (Å²) in [6.45, 7) is 10.0. The number of rotatable bonds is 9. The minimum Gasteiger partial charge on any atom is -0.383 e. The quantitative estimate of drug-likeness (QED) is 0.469. The maximum absolute atomic E-state index is 12.9. The third-order valence-electron chi connectivity index (χ3n) is 5.05. The van der Waals surface area contributed by atoms with E-state index in [0.717, 1.165) is 27.6 Å². The van der Waals surface area contributed by atoms with Crippen LogP contribution in [-0.2, 0) is 16.1 Å². The molecular weight excluding hydrogens is 396 g/mol. The van der Waals surface area contributed by atoms with Gasteiger partial charge in [0.05, 0.1) is 19.3 Å². The summed E-state index contributed by atoms with van der Waals surface area (Å²) in [6.07, 6.45) is 5.39. The van der Waals surface area contributed by atoms with Crippen LogP contribution in [0, 0.1) is 13.8 Å². The monoisotopic (exact) mass is 426 g/mol. The van der Waals surface area contributed by atoms with Crippen LogP contribution < -0.4 is 0 Å². The first kappa shape index (κ1) is 22.1. The molecular formula is C23H30N4O2S. The molecule has 7 heteroatoms. The van der Waals surface area contributed by atoms with E-state index in [9.17, 15) is 4.79 Å². The van der Waals surface area contributed by atoms with Crippen molar-refractivity contribution in [1.82, 2.24) is 19.2 Å². The third-order valence-corrected chi connectivity index (χ3v) is 5.91. The first-order valence-electron chi connectivity index (χ1n) is 10.1. The first-order valence-corrected chi connectivity index (χ1v) is 11.0. The number of hydrogen-bond acceptors (Lipinski definition) is 4. The molecule has 0 N–H and O–H groups in total. The van der Waals surface area contributed by atoms with Gasteiger partial charge in [0, 0.05) is 48.1 Å². The van der Waals surface area contributed by atoms with Gasteiger partial charge in [-0.25, -0.2) is 4.68 Å². The van der Waals surface area contributed by atoms with E-state index in [2.05, 4.69) is 43.4 Å². The first-order chi connectivity index (χ1) is 14.4. The molecule has 0 aliphatic rings. The zero-order valence-electron chi connectivity index (χ0n) is 18.3. The van der Waals surface area contributed by atoms with Crippen LogP contribution in [0.15, 0.2) is 41.9 Å². The number of nitrogens with zero attached hydrogens (tertiary/aromatic N) is 4. The summed E-state index contributed by atoms with van der Waals surface area (Å²) in [6, 6.07) is 8.45. The Labute approximate surface area is 182 Å². The Balaban J connectivity index is 1.82. The van der Waals surface area contributed by atoms with Gasteiger partial charge in [0.2, 0.25) is 5.91 Å². The number of hydrogen-bond donors (Lipinski definition) is 0. The van der Waals surface area contributed by atoms with E-state index in [4.69, 9.17) is 4.74 Å². The fourth-order valence-corrected chi connectivity index (χ4v) is 4.24. The van der Waals surface area contributed by atoms with Gasteiger partial charge in [-0.3, -0.25) is 4.79 Å². The second-order valence-corrected chi connectivity index (χ2v) is 8.59. The maximum atomic E-state index is 12.9. The number of aryl methyl sites for hydroxylation is 1. The number of methoxy groups -OCH3 is 1. The average Bonchev–Trinajstić information content (AvgIpc) is 3.44. The predicted molar refractivity (Wildman–Crippen MR) is 122 cm³/mol. The highest BCUT2D eigenvalue weighted by Crippen LogP contribution is 2.23. The fraction of sp³-hybridized carbons (Fsp3) is 0.391. The number of aromatic nitrogens is 3. The van der Waals surface area contributed by atoms with E-state index in [1.807, 2.05) is 45.4 Å². The van der Waals surface area contributed by atoms with Gasteiger partial charge < -0.3 is 14.2 Å². The second-order valence-electron chi connectivity index (χ2n) is 7.55. The molecule has 0 aromatic carbocycles. The van der Waals surface area contributed by atoms with Gasteiger partial charge in [-0.15, -0.1) is 11.3 Å².